The highest BCUT2D eigenvalue weighted by atomic mass is 16.5. The zero-order valence-electron chi connectivity index (χ0n) is 17.3. The zero-order chi connectivity index (χ0) is 22.0. The molecule has 1 aliphatic heterocycles. The number of nitrogens with zero attached hydrogens (tertiary/aromatic N) is 6. The third-order valence-electron chi connectivity index (χ3n) is 5.44. The number of fused-ring (bicyclic) bond motifs is 3. The second kappa shape index (κ2) is 8.53. The van der Waals surface area contributed by atoms with Gasteiger partial charge in [0.15, 0.2) is 5.69 Å². The van der Waals surface area contributed by atoms with E-state index in [2.05, 4.69) is 31.5 Å². The predicted molar refractivity (Wildman–Crippen MR) is 115 cm³/mol. The molecule has 4 aromatic rings. The zero-order valence-corrected chi connectivity index (χ0v) is 17.3. The van der Waals surface area contributed by atoms with Crippen molar-refractivity contribution in [3.8, 4) is 0 Å². The molecule has 0 radical (unpaired) electrons. The Bertz CT molecular complexity index is 1290. The summed E-state index contributed by atoms with van der Waals surface area (Å²) in [5.74, 6) is 1.76. The van der Waals surface area contributed by atoms with Crippen molar-refractivity contribution in [3.63, 3.8) is 0 Å². The Kier molecular flexibility index (Phi) is 5.64. The van der Waals surface area contributed by atoms with Crippen molar-refractivity contribution < 1.29 is 14.4 Å². The van der Waals surface area contributed by atoms with E-state index in [-0.39, 0.29) is 6.47 Å². The molecule has 158 valence electrons. The standard InChI is InChI=1S/C21H20N6O.CH2O2/c1-13-8-16(28-25-13)10-20-24-19-11-23-18-5-4-14(22-2)9-17(18)21(19)27(20)15-6-7-26(3)12-15;2-1-3/h4-5,8-9,11,15H,6-7,10,12H2,1,3H3;1H,(H,2,3)/t15-;/m1./s1. The van der Waals surface area contributed by atoms with Crippen LogP contribution in [0, 0.1) is 13.5 Å². The molecule has 0 saturated carbocycles. The maximum absolute atomic E-state index is 8.36. The van der Waals surface area contributed by atoms with Gasteiger partial charge in [-0.05, 0) is 39.1 Å². The van der Waals surface area contributed by atoms with Gasteiger partial charge >= 0.3 is 0 Å². The Labute approximate surface area is 178 Å². The molecule has 0 amide bonds. The van der Waals surface area contributed by atoms with E-state index in [0.717, 1.165) is 58.7 Å². The number of benzene rings is 1. The Morgan fingerprint density at radius 2 is 2.16 bits per heavy atom. The van der Waals surface area contributed by atoms with E-state index in [0.29, 0.717) is 18.2 Å². The van der Waals surface area contributed by atoms with Crippen LogP contribution in [0.1, 0.15) is 29.7 Å². The lowest BCUT2D eigenvalue weighted by atomic mass is 10.1. The highest BCUT2D eigenvalue weighted by Gasteiger charge is 2.27. The summed E-state index contributed by atoms with van der Waals surface area (Å²) in [4.78, 5) is 23.8. The van der Waals surface area contributed by atoms with Gasteiger partial charge in [-0.2, -0.15) is 0 Å². The number of carboxylic acid groups (broad SMARTS) is 1. The smallest absolute Gasteiger partial charge is 0.290 e. The number of imidazole rings is 1. The fraction of sp³-hybridized carbons (Fsp3) is 0.318. The lowest BCUT2D eigenvalue weighted by molar-refractivity contribution is -0.122. The molecular formula is C22H22N6O3. The normalized spacial score (nSPS) is 16.2. The van der Waals surface area contributed by atoms with Crippen LogP contribution in [-0.2, 0) is 11.2 Å². The summed E-state index contributed by atoms with van der Waals surface area (Å²) in [6.45, 7) is 11.1. The first-order valence-electron chi connectivity index (χ1n) is 9.89. The number of hydrogen-bond donors (Lipinski definition) is 1. The van der Waals surface area contributed by atoms with E-state index in [1.54, 1.807) is 0 Å². The number of carbonyl (C=O) groups is 1. The van der Waals surface area contributed by atoms with E-state index in [1.165, 1.54) is 0 Å². The quantitative estimate of drug-likeness (QED) is 0.401. The molecule has 0 aliphatic carbocycles. The Hall–Kier alpha value is -3.77. The Balaban J connectivity index is 0.000000730. The number of aromatic nitrogens is 4. The second-order valence-electron chi connectivity index (χ2n) is 7.62. The average Bonchev–Trinajstić information content (AvgIpc) is 3.46. The van der Waals surface area contributed by atoms with Crippen molar-refractivity contribution in [2.45, 2.75) is 25.8 Å². The van der Waals surface area contributed by atoms with Gasteiger partial charge in [0.2, 0.25) is 0 Å². The van der Waals surface area contributed by atoms with Gasteiger partial charge in [0, 0.05) is 24.0 Å². The SMILES string of the molecule is O=CO.[C-]#[N+]c1ccc2ncc3nc(Cc4cc(C)no4)n([C@@H]4CCN(C)C4)c3c2c1. The van der Waals surface area contributed by atoms with E-state index >= 15 is 0 Å². The molecule has 0 unspecified atom stereocenters. The van der Waals surface area contributed by atoms with Crippen LogP contribution in [0.2, 0.25) is 0 Å². The largest absolute Gasteiger partial charge is 0.483 e. The lowest BCUT2D eigenvalue weighted by Gasteiger charge is -2.17. The monoisotopic (exact) mass is 418 g/mol. The van der Waals surface area contributed by atoms with Crippen molar-refractivity contribution in [3.05, 3.63) is 59.2 Å². The van der Waals surface area contributed by atoms with Crippen LogP contribution in [0.4, 0.5) is 5.69 Å². The molecule has 31 heavy (non-hydrogen) atoms. The lowest BCUT2D eigenvalue weighted by Crippen LogP contribution is -2.18. The van der Waals surface area contributed by atoms with Crippen molar-refractivity contribution >= 4 is 34.1 Å². The maximum Gasteiger partial charge on any atom is 0.290 e. The molecule has 9 heteroatoms. The number of pyridine rings is 1. The van der Waals surface area contributed by atoms with E-state index in [9.17, 15) is 0 Å². The van der Waals surface area contributed by atoms with Crippen LogP contribution in [0.5, 0.6) is 0 Å². The van der Waals surface area contributed by atoms with E-state index in [4.69, 9.17) is 26.0 Å². The molecule has 3 aromatic heterocycles. The molecule has 1 N–H and O–H groups in total. The molecule has 0 bridgehead atoms. The Morgan fingerprint density at radius 3 is 2.81 bits per heavy atom. The van der Waals surface area contributed by atoms with Crippen molar-refractivity contribution in [1.29, 1.82) is 0 Å². The van der Waals surface area contributed by atoms with Crippen molar-refractivity contribution in [1.82, 2.24) is 24.6 Å². The summed E-state index contributed by atoms with van der Waals surface area (Å²) >= 11 is 0. The molecule has 1 atom stereocenters. The van der Waals surface area contributed by atoms with Crippen molar-refractivity contribution in [2.75, 3.05) is 20.1 Å². The van der Waals surface area contributed by atoms with Crippen molar-refractivity contribution in [2.24, 2.45) is 0 Å². The van der Waals surface area contributed by atoms with Crippen LogP contribution in [0.3, 0.4) is 0 Å². The topological polar surface area (TPSA) is 102 Å². The molecule has 1 aromatic carbocycles. The van der Waals surface area contributed by atoms with Crippen LogP contribution in [0.15, 0.2) is 35.0 Å². The van der Waals surface area contributed by atoms with Crippen LogP contribution in [-0.4, -0.2) is 56.3 Å². The molecule has 1 fully saturated rings. The maximum atomic E-state index is 8.36. The first-order chi connectivity index (χ1) is 15.0. The highest BCUT2D eigenvalue weighted by Crippen LogP contribution is 2.33. The number of likely N-dealkylation sites (tertiary alicyclic amines) is 1. The fourth-order valence-corrected chi connectivity index (χ4v) is 4.18. The van der Waals surface area contributed by atoms with E-state index in [1.807, 2.05) is 37.4 Å². The summed E-state index contributed by atoms with van der Waals surface area (Å²) in [5.41, 5.74) is 4.28. The minimum atomic E-state index is -0.250. The third-order valence-corrected chi connectivity index (χ3v) is 5.44. The fourth-order valence-electron chi connectivity index (χ4n) is 4.18. The van der Waals surface area contributed by atoms with Gasteiger partial charge in [-0.3, -0.25) is 9.78 Å². The van der Waals surface area contributed by atoms with Gasteiger partial charge in [0.1, 0.15) is 17.1 Å². The summed E-state index contributed by atoms with van der Waals surface area (Å²) < 4.78 is 7.80. The summed E-state index contributed by atoms with van der Waals surface area (Å²) in [5, 5.41) is 11.9. The minimum Gasteiger partial charge on any atom is -0.483 e. The number of hydrogen-bond acceptors (Lipinski definition) is 6. The van der Waals surface area contributed by atoms with Gasteiger partial charge in [0.25, 0.3) is 6.47 Å². The summed E-state index contributed by atoms with van der Waals surface area (Å²) in [6, 6.07) is 7.95. The van der Waals surface area contributed by atoms with Crippen LogP contribution >= 0.6 is 0 Å². The van der Waals surface area contributed by atoms with Crippen LogP contribution in [0.25, 0.3) is 26.8 Å². The first kappa shape index (κ1) is 20.5. The highest BCUT2D eigenvalue weighted by molar-refractivity contribution is 6.03. The molecule has 5 rings (SSSR count). The summed E-state index contributed by atoms with van der Waals surface area (Å²) in [6.07, 6.45) is 3.48. The number of rotatable bonds is 3. The summed E-state index contributed by atoms with van der Waals surface area (Å²) in [7, 11) is 2.15. The Morgan fingerprint density at radius 1 is 1.35 bits per heavy atom. The van der Waals surface area contributed by atoms with Gasteiger partial charge in [0.05, 0.1) is 35.9 Å². The van der Waals surface area contributed by atoms with E-state index < -0.39 is 0 Å². The molecule has 0 spiro atoms. The minimum absolute atomic E-state index is 0.250. The molecule has 1 aliphatic rings. The van der Waals surface area contributed by atoms with Gasteiger partial charge in [-0.15, -0.1) is 0 Å². The third kappa shape index (κ3) is 3.98. The van der Waals surface area contributed by atoms with Gasteiger partial charge < -0.3 is 19.1 Å². The molecular weight excluding hydrogens is 396 g/mol. The average molecular weight is 418 g/mol. The molecule has 9 nitrogen and oxygen atoms in total. The first-order valence-corrected chi connectivity index (χ1v) is 9.89. The second-order valence-corrected chi connectivity index (χ2v) is 7.62. The predicted octanol–water partition coefficient (Wildman–Crippen LogP) is 3.60. The number of aryl methyl sites for hydroxylation is 1. The van der Waals surface area contributed by atoms with Gasteiger partial charge in [-0.1, -0.05) is 11.2 Å². The molecule has 1 saturated heterocycles. The molecule has 4 heterocycles. The van der Waals surface area contributed by atoms with Crippen LogP contribution < -0.4 is 0 Å². The number of likely N-dealkylation sites (N-methyl/N-ethyl adjacent to an activating group) is 1. The van der Waals surface area contributed by atoms with Gasteiger partial charge in [-0.25, -0.2) is 9.83 Å².